The minimum Gasteiger partial charge on any atom is -0.481 e. The highest BCUT2D eigenvalue weighted by Gasteiger charge is 2.29. The maximum Gasteiger partial charge on any atom is 0.337 e. The molecule has 0 saturated heterocycles. The molecule has 6 heteroatoms. The number of esters is 1. The first-order valence-electron chi connectivity index (χ1n) is 11.5. The highest BCUT2D eigenvalue weighted by Crippen LogP contribution is 2.23. The lowest BCUT2D eigenvalue weighted by atomic mass is 9.91. The Morgan fingerprint density at radius 2 is 1.38 bits per heavy atom. The van der Waals surface area contributed by atoms with Gasteiger partial charge >= 0.3 is 11.9 Å². The van der Waals surface area contributed by atoms with Crippen molar-refractivity contribution in [2.24, 2.45) is 5.92 Å². The van der Waals surface area contributed by atoms with Gasteiger partial charge in [-0.2, -0.15) is 0 Å². The van der Waals surface area contributed by atoms with E-state index >= 15 is 0 Å². The van der Waals surface area contributed by atoms with E-state index in [-0.39, 0.29) is 0 Å². The molecule has 0 aliphatic heterocycles. The molecule has 2 unspecified atom stereocenters. The van der Waals surface area contributed by atoms with Gasteiger partial charge in [-0.25, -0.2) is 4.79 Å². The fourth-order valence-corrected chi connectivity index (χ4v) is 3.94. The molecule has 0 aliphatic rings. The molecule has 0 spiro atoms. The van der Waals surface area contributed by atoms with E-state index in [1.807, 2.05) is 36.4 Å². The molecule has 0 amide bonds. The number of nitrogens with one attached hydrogen (secondary N) is 2. The van der Waals surface area contributed by atoms with Crippen LogP contribution in [-0.4, -0.2) is 43.8 Å². The van der Waals surface area contributed by atoms with E-state index < -0.39 is 23.9 Å². The van der Waals surface area contributed by atoms with Crippen molar-refractivity contribution in [3.8, 4) is 0 Å². The summed E-state index contributed by atoms with van der Waals surface area (Å²) in [5, 5.41) is 16.8. The number of carbonyl (C=O) groups is 2. The third-order valence-corrected chi connectivity index (χ3v) is 5.83. The van der Waals surface area contributed by atoms with Crippen LogP contribution in [0.15, 0.2) is 84.9 Å². The summed E-state index contributed by atoms with van der Waals surface area (Å²) in [4.78, 5) is 24.1. The number of aliphatic carboxylic acids is 1. The Morgan fingerprint density at radius 1 is 0.824 bits per heavy atom. The molecule has 3 rings (SSSR count). The SMILES string of the molecule is COC(=O)c1ccc(C(NCCc2ccccc2)C(CNCCc2ccccc2)C(=O)O)cc1. The fraction of sp³-hybridized carbons (Fsp3) is 0.286. The summed E-state index contributed by atoms with van der Waals surface area (Å²) in [6.45, 7) is 1.64. The molecule has 3 aromatic carbocycles. The lowest BCUT2D eigenvalue weighted by Crippen LogP contribution is -2.40. The number of hydrogen-bond donors (Lipinski definition) is 3. The van der Waals surface area contributed by atoms with Crippen molar-refractivity contribution in [1.82, 2.24) is 10.6 Å². The second kappa shape index (κ2) is 13.3. The largest absolute Gasteiger partial charge is 0.481 e. The summed E-state index contributed by atoms with van der Waals surface area (Å²) in [5.41, 5.74) is 3.64. The number of ether oxygens (including phenoxy) is 1. The van der Waals surface area contributed by atoms with E-state index in [9.17, 15) is 14.7 Å². The lowest BCUT2D eigenvalue weighted by Gasteiger charge is -2.26. The second-order valence-electron chi connectivity index (χ2n) is 8.17. The number of rotatable bonds is 13. The Bertz CT molecular complexity index is 1020. The normalized spacial score (nSPS) is 12.6. The van der Waals surface area contributed by atoms with E-state index in [2.05, 4.69) is 34.9 Å². The molecule has 2 atom stereocenters. The Labute approximate surface area is 201 Å². The molecule has 0 aliphatic carbocycles. The van der Waals surface area contributed by atoms with Gasteiger partial charge in [-0.3, -0.25) is 4.79 Å². The molecule has 178 valence electrons. The van der Waals surface area contributed by atoms with Gasteiger partial charge in [0, 0.05) is 12.6 Å². The first-order valence-corrected chi connectivity index (χ1v) is 11.5. The van der Waals surface area contributed by atoms with Crippen LogP contribution >= 0.6 is 0 Å². The minimum absolute atomic E-state index is 0.323. The third kappa shape index (κ3) is 7.54. The predicted octanol–water partition coefficient (Wildman–Crippen LogP) is 3.88. The van der Waals surface area contributed by atoms with Gasteiger partial charge in [0.05, 0.1) is 18.6 Å². The minimum atomic E-state index is -0.874. The highest BCUT2D eigenvalue weighted by atomic mass is 16.5. The molecule has 0 radical (unpaired) electrons. The van der Waals surface area contributed by atoms with E-state index in [1.165, 1.54) is 18.2 Å². The third-order valence-electron chi connectivity index (χ3n) is 5.83. The molecule has 6 nitrogen and oxygen atoms in total. The van der Waals surface area contributed by atoms with Crippen molar-refractivity contribution >= 4 is 11.9 Å². The number of carboxylic acids is 1. The molecule has 0 bridgehead atoms. The van der Waals surface area contributed by atoms with Gasteiger partial charge in [0.1, 0.15) is 0 Å². The molecular formula is C28H32N2O4. The molecule has 0 saturated carbocycles. The van der Waals surface area contributed by atoms with Gasteiger partial charge in [0.25, 0.3) is 0 Å². The monoisotopic (exact) mass is 460 g/mol. The first-order chi connectivity index (χ1) is 16.6. The Morgan fingerprint density at radius 3 is 1.91 bits per heavy atom. The van der Waals surface area contributed by atoms with E-state index in [0.717, 1.165) is 18.4 Å². The van der Waals surface area contributed by atoms with Crippen molar-refractivity contribution in [1.29, 1.82) is 0 Å². The van der Waals surface area contributed by atoms with Crippen LogP contribution in [0.3, 0.4) is 0 Å². The van der Waals surface area contributed by atoms with Crippen molar-refractivity contribution in [2.75, 3.05) is 26.7 Å². The average Bonchev–Trinajstić information content (AvgIpc) is 2.88. The molecule has 3 N–H and O–H groups in total. The summed E-state index contributed by atoms with van der Waals surface area (Å²) >= 11 is 0. The number of hydrogen-bond acceptors (Lipinski definition) is 5. The maximum atomic E-state index is 12.3. The molecule has 34 heavy (non-hydrogen) atoms. The number of methoxy groups -OCH3 is 1. The van der Waals surface area contributed by atoms with Crippen LogP contribution in [-0.2, 0) is 22.4 Å². The van der Waals surface area contributed by atoms with E-state index in [4.69, 9.17) is 4.74 Å². The Kier molecular flexibility index (Phi) is 9.82. The van der Waals surface area contributed by atoms with Gasteiger partial charge in [-0.1, -0.05) is 72.8 Å². The zero-order valence-electron chi connectivity index (χ0n) is 19.4. The van der Waals surface area contributed by atoms with Crippen LogP contribution < -0.4 is 10.6 Å². The zero-order valence-corrected chi connectivity index (χ0v) is 19.4. The smallest absolute Gasteiger partial charge is 0.337 e. The van der Waals surface area contributed by atoms with Crippen molar-refractivity contribution in [3.63, 3.8) is 0 Å². The van der Waals surface area contributed by atoms with Gasteiger partial charge in [0.2, 0.25) is 0 Å². The Hall–Kier alpha value is -3.48. The van der Waals surface area contributed by atoms with Crippen LogP contribution in [0.1, 0.15) is 33.1 Å². The van der Waals surface area contributed by atoms with E-state index in [0.29, 0.717) is 25.2 Å². The summed E-state index contributed by atoms with van der Waals surface area (Å²) in [7, 11) is 1.34. The second-order valence-corrected chi connectivity index (χ2v) is 8.17. The van der Waals surface area contributed by atoms with Crippen LogP contribution in [0, 0.1) is 5.92 Å². The van der Waals surface area contributed by atoms with Crippen LogP contribution in [0.4, 0.5) is 0 Å². The van der Waals surface area contributed by atoms with Crippen LogP contribution in [0.5, 0.6) is 0 Å². The number of carbonyl (C=O) groups excluding carboxylic acids is 1. The van der Waals surface area contributed by atoms with Crippen LogP contribution in [0.25, 0.3) is 0 Å². The molecule has 0 heterocycles. The summed E-state index contributed by atoms with van der Waals surface area (Å²) in [5.74, 6) is -1.98. The maximum absolute atomic E-state index is 12.3. The van der Waals surface area contributed by atoms with Gasteiger partial charge < -0.3 is 20.5 Å². The molecule has 0 fully saturated rings. The predicted molar refractivity (Wildman–Crippen MR) is 133 cm³/mol. The van der Waals surface area contributed by atoms with Gasteiger partial charge in [-0.15, -0.1) is 0 Å². The standard InChI is InChI=1S/C28H32N2O4/c1-34-28(33)24-14-12-23(13-15-24)26(30-19-17-22-10-6-3-7-11-22)25(27(31)32)20-29-18-16-21-8-4-2-5-9-21/h2-15,25-26,29-30H,16-20H2,1H3,(H,31,32). The molecular weight excluding hydrogens is 428 g/mol. The van der Waals surface area contributed by atoms with Crippen LogP contribution in [0.2, 0.25) is 0 Å². The topological polar surface area (TPSA) is 87.7 Å². The zero-order chi connectivity index (χ0) is 24.2. The lowest BCUT2D eigenvalue weighted by molar-refractivity contribution is -0.142. The van der Waals surface area contributed by atoms with Gasteiger partial charge in [0.15, 0.2) is 0 Å². The molecule has 0 aromatic heterocycles. The number of benzene rings is 3. The quantitative estimate of drug-likeness (QED) is 0.265. The highest BCUT2D eigenvalue weighted by molar-refractivity contribution is 5.89. The summed E-state index contributed by atoms with van der Waals surface area (Å²) < 4.78 is 4.78. The Balaban J connectivity index is 1.70. The van der Waals surface area contributed by atoms with Gasteiger partial charge in [-0.05, 0) is 54.8 Å². The summed E-state index contributed by atoms with van der Waals surface area (Å²) in [6.07, 6.45) is 1.61. The van der Waals surface area contributed by atoms with Crippen molar-refractivity contribution in [3.05, 3.63) is 107 Å². The van der Waals surface area contributed by atoms with Crippen molar-refractivity contribution < 1.29 is 19.4 Å². The van der Waals surface area contributed by atoms with E-state index in [1.54, 1.807) is 24.3 Å². The number of carboxylic acid groups (broad SMARTS) is 1. The molecule has 3 aromatic rings. The van der Waals surface area contributed by atoms with Crippen molar-refractivity contribution in [2.45, 2.75) is 18.9 Å². The fourth-order valence-electron chi connectivity index (χ4n) is 3.94. The average molecular weight is 461 g/mol. The first kappa shape index (κ1) is 25.1. The summed E-state index contributed by atoms with van der Waals surface area (Å²) in [6, 6.07) is 26.7.